The number of para-hydroxylation sites is 1. The number of amides is 2. The van der Waals surface area contributed by atoms with E-state index in [0.717, 1.165) is 12.1 Å². The van der Waals surface area contributed by atoms with Crippen molar-refractivity contribution in [2.45, 2.75) is 13.0 Å². The summed E-state index contributed by atoms with van der Waals surface area (Å²) >= 11 is 0. The Kier molecular flexibility index (Phi) is 6.50. The van der Waals surface area contributed by atoms with E-state index in [9.17, 15) is 18.4 Å². The lowest BCUT2D eigenvalue weighted by molar-refractivity contribution is -0.115. The van der Waals surface area contributed by atoms with Crippen molar-refractivity contribution in [1.82, 2.24) is 5.32 Å². The van der Waals surface area contributed by atoms with Crippen LogP contribution in [-0.2, 0) is 4.79 Å². The van der Waals surface area contributed by atoms with Gasteiger partial charge in [-0.25, -0.2) is 8.78 Å². The fourth-order valence-corrected chi connectivity index (χ4v) is 3.30. The standard InChI is InChI=1S/C24H21F2N3O4/c1-14(15-6-8-18(25)19(26)10-15)27-12-23(30)29-20-5-3-2-4-17(20)24(31)28-16-7-9-21-22(11-16)33-13-32-21/h2-11,14,27H,12-13H2,1H3,(H,28,31)(H,29,30). The molecule has 9 heteroatoms. The number of rotatable bonds is 7. The quantitative estimate of drug-likeness (QED) is 0.498. The largest absolute Gasteiger partial charge is 0.454 e. The molecular weight excluding hydrogens is 432 g/mol. The third-order valence-electron chi connectivity index (χ3n) is 5.09. The summed E-state index contributed by atoms with van der Waals surface area (Å²) in [5.41, 5.74) is 1.64. The predicted octanol–water partition coefficient (Wildman–Crippen LogP) is 4.24. The van der Waals surface area contributed by atoms with Gasteiger partial charge in [0.2, 0.25) is 12.7 Å². The number of ether oxygens (including phenoxy) is 2. The second-order valence-electron chi connectivity index (χ2n) is 7.39. The summed E-state index contributed by atoms with van der Waals surface area (Å²) in [6.07, 6.45) is 0. The first-order valence-electron chi connectivity index (χ1n) is 10.2. The van der Waals surface area contributed by atoms with Crippen molar-refractivity contribution in [2.24, 2.45) is 0 Å². The highest BCUT2D eigenvalue weighted by atomic mass is 19.2. The number of hydrogen-bond donors (Lipinski definition) is 3. The molecular formula is C24H21F2N3O4. The van der Waals surface area contributed by atoms with E-state index in [0.29, 0.717) is 28.4 Å². The molecule has 1 atom stereocenters. The number of carbonyl (C=O) groups excluding carboxylic acids is 2. The zero-order valence-electron chi connectivity index (χ0n) is 17.7. The molecule has 3 aromatic carbocycles. The van der Waals surface area contributed by atoms with E-state index in [1.54, 1.807) is 49.4 Å². The van der Waals surface area contributed by atoms with Crippen LogP contribution in [0.5, 0.6) is 11.5 Å². The second-order valence-corrected chi connectivity index (χ2v) is 7.39. The summed E-state index contributed by atoms with van der Waals surface area (Å²) in [6, 6.07) is 14.8. The number of carbonyl (C=O) groups is 2. The van der Waals surface area contributed by atoms with E-state index in [1.807, 2.05) is 0 Å². The molecule has 2 amide bonds. The van der Waals surface area contributed by atoms with Crippen LogP contribution in [0.25, 0.3) is 0 Å². The SMILES string of the molecule is CC(NCC(=O)Nc1ccccc1C(=O)Nc1ccc2c(c1)OCO2)c1ccc(F)c(F)c1. The summed E-state index contributed by atoms with van der Waals surface area (Å²) in [7, 11) is 0. The second kappa shape index (κ2) is 9.66. The summed E-state index contributed by atoms with van der Waals surface area (Å²) in [5, 5.41) is 8.43. The maximum absolute atomic E-state index is 13.4. The van der Waals surface area contributed by atoms with E-state index in [2.05, 4.69) is 16.0 Å². The molecule has 0 radical (unpaired) electrons. The van der Waals surface area contributed by atoms with Gasteiger partial charge >= 0.3 is 0 Å². The van der Waals surface area contributed by atoms with E-state index in [4.69, 9.17) is 9.47 Å². The molecule has 1 heterocycles. The molecule has 0 spiro atoms. The van der Waals surface area contributed by atoms with E-state index in [-0.39, 0.29) is 18.9 Å². The van der Waals surface area contributed by atoms with Crippen molar-refractivity contribution in [3.63, 3.8) is 0 Å². The Labute approximate surface area is 188 Å². The Balaban J connectivity index is 1.38. The molecule has 1 aliphatic rings. The van der Waals surface area contributed by atoms with Gasteiger partial charge in [0, 0.05) is 17.8 Å². The zero-order valence-corrected chi connectivity index (χ0v) is 17.7. The number of benzene rings is 3. The first-order valence-corrected chi connectivity index (χ1v) is 10.2. The highest BCUT2D eigenvalue weighted by Crippen LogP contribution is 2.34. The van der Waals surface area contributed by atoms with Crippen LogP contribution in [0, 0.1) is 11.6 Å². The molecule has 4 rings (SSSR count). The summed E-state index contributed by atoms with van der Waals surface area (Å²) < 4.78 is 37.1. The molecule has 0 saturated carbocycles. The number of hydrogen-bond acceptors (Lipinski definition) is 5. The van der Waals surface area contributed by atoms with Gasteiger partial charge in [0.1, 0.15) is 0 Å². The number of nitrogens with one attached hydrogen (secondary N) is 3. The lowest BCUT2D eigenvalue weighted by atomic mass is 10.1. The van der Waals surface area contributed by atoms with E-state index >= 15 is 0 Å². The normalized spacial score (nSPS) is 12.8. The summed E-state index contributed by atoms with van der Waals surface area (Å²) in [5.74, 6) is -1.55. The van der Waals surface area contributed by atoms with Crippen molar-refractivity contribution in [3.8, 4) is 11.5 Å². The summed E-state index contributed by atoms with van der Waals surface area (Å²) in [6.45, 7) is 1.76. The average Bonchev–Trinajstić information content (AvgIpc) is 3.27. The first-order chi connectivity index (χ1) is 15.9. The fourth-order valence-electron chi connectivity index (χ4n) is 3.30. The van der Waals surface area contributed by atoms with Crippen molar-refractivity contribution in [1.29, 1.82) is 0 Å². The highest BCUT2D eigenvalue weighted by Gasteiger charge is 2.17. The third kappa shape index (κ3) is 5.27. The highest BCUT2D eigenvalue weighted by molar-refractivity contribution is 6.10. The minimum Gasteiger partial charge on any atom is -0.454 e. The predicted molar refractivity (Wildman–Crippen MR) is 118 cm³/mol. The molecule has 0 fully saturated rings. The van der Waals surface area contributed by atoms with Crippen molar-refractivity contribution in [3.05, 3.63) is 83.4 Å². The minimum absolute atomic E-state index is 0.0989. The lowest BCUT2D eigenvalue weighted by Crippen LogP contribution is -2.30. The summed E-state index contributed by atoms with van der Waals surface area (Å²) in [4.78, 5) is 25.3. The van der Waals surface area contributed by atoms with Gasteiger partial charge in [0.15, 0.2) is 23.1 Å². The van der Waals surface area contributed by atoms with Gasteiger partial charge in [-0.2, -0.15) is 0 Å². The van der Waals surface area contributed by atoms with Crippen LogP contribution >= 0.6 is 0 Å². The van der Waals surface area contributed by atoms with Crippen LogP contribution in [-0.4, -0.2) is 25.2 Å². The van der Waals surface area contributed by atoms with Gasteiger partial charge in [0.05, 0.1) is 17.8 Å². The average molecular weight is 453 g/mol. The van der Waals surface area contributed by atoms with Crippen LogP contribution in [0.3, 0.4) is 0 Å². The molecule has 170 valence electrons. The van der Waals surface area contributed by atoms with Crippen LogP contribution in [0.15, 0.2) is 60.7 Å². The van der Waals surface area contributed by atoms with Crippen LogP contribution in [0.2, 0.25) is 0 Å². The lowest BCUT2D eigenvalue weighted by Gasteiger charge is -2.15. The molecule has 3 aromatic rings. The topological polar surface area (TPSA) is 88.7 Å². The van der Waals surface area contributed by atoms with Gasteiger partial charge in [0.25, 0.3) is 5.91 Å². The Hall–Kier alpha value is -3.98. The van der Waals surface area contributed by atoms with E-state index < -0.39 is 29.5 Å². The molecule has 33 heavy (non-hydrogen) atoms. The Morgan fingerprint density at radius 3 is 2.55 bits per heavy atom. The molecule has 1 unspecified atom stereocenters. The van der Waals surface area contributed by atoms with Crippen molar-refractivity contribution < 1.29 is 27.8 Å². The number of halogens is 2. The van der Waals surface area contributed by atoms with Crippen LogP contribution in [0.1, 0.15) is 28.9 Å². The Bertz CT molecular complexity index is 1200. The smallest absolute Gasteiger partial charge is 0.257 e. The molecule has 0 saturated heterocycles. The number of anilines is 2. The van der Waals surface area contributed by atoms with Gasteiger partial charge in [-0.3, -0.25) is 9.59 Å². The monoisotopic (exact) mass is 453 g/mol. The van der Waals surface area contributed by atoms with Crippen LogP contribution < -0.4 is 25.4 Å². The molecule has 0 bridgehead atoms. The van der Waals surface area contributed by atoms with Gasteiger partial charge < -0.3 is 25.4 Å². The molecule has 0 aliphatic carbocycles. The third-order valence-corrected chi connectivity index (χ3v) is 5.09. The Morgan fingerprint density at radius 2 is 1.73 bits per heavy atom. The van der Waals surface area contributed by atoms with Gasteiger partial charge in [-0.1, -0.05) is 18.2 Å². The van der Waals surface area contributed by atoms with Crippen molar-refractivity contribution in [2.75, 3.05) is 24.0 Å². The molecule has 0 aromatic heterocycles. The first kappa shape index (κ1) is 22.2. The maximum atomic E-state index is 13.4. The fraction of sp³-hybridized carbons (Fsp3) is 0.167. The molecule has 1 aliphatic heterocycles. The van der Waals surface area contributed by atoms with Gasteiger partial charge in [-0.15, -0.1) is 0 Å². The van der Waals surface area contributed by atoms with Gasteiger partial charge in [-0.05, 0) is 48.9 Å². The molecule has 7 nitrogen and oxygen atoms in total. The maximum Gasteiger partial charge on any atom is 0.257 e. The minimum atomic E-state index is -0.951. The van der Waals surface area contributed by atoms with E-state index in [1.165, 1.54) is 6.07 Å². The van der Waals surface area contributed by atoms with Crippen molar-refractivity contribution >= 4 is 23.2 Å². The zero-order chi connectivity index (χ0) is 23.4. The number of fused-ring (bicyclic) bond motifs is 1. The van der Waals surface area contributed by atoms with Crippen LogP contribution in [0.4, 0.5) is 20.2 Å². The Morgan fingerprint density at radius 1 is 0.939 bits per heavy atom. The molecule has 3 N–H and O–H groups in total.